The van der Waals surface area contributed by atoms with Crippen LogP contribution in [0.4, 0.5) is 9.80 Å². The van der Waals surface area contributed by atoms with Crippen molar-refractivity contribution in [2.24, 2.45) is 0 Å². The summed E-state index contributed by atoms with van der Waals surface area (Å²) < 4.78 is 7.16. The van der Waals surface area contributed by atoms with Crippen molar-refractivity contribution < 1.29 is 14.3 Å². The standard InChI is InChI=1S/C24H27N3O3S2/c1-30-23(28)20-16-9-3-5-11-19(16)31-21(20)26-24(29)25-14-17-15-8-2-4-10-18(15)32-22(17)27-12-6-7-13-27/h6-7,12-13H,2-5,8-11,14H2,1H3,(H2,25,26,29). The van der Waals surface area contributed by atoms with E-state index in [1.54, 1.807) is 0 Å². The first kappa shape index (κ1) is 21.3. The number of aromatic nitrogens is 1. The largest absolute Gasteiger partial charge is 0.465 e. The number of nitrogens with one attached hydrogen (secondary N) is 2. The quantitative estimate of drug-likeness (QED) is 0.487. The lowest BCUT2D eigenvalue weighted by Crippen LogP contribution is -2.29. The van der Waals surface area contributed by atoms with E-state index in [0.717, 1.165) is 44.1 Å². The van der Waals surface area contributed by atoms with E-state index in [4.69, 9.17) is 4.74 Å². The molecule has 168 valence electrons. The fourth-order valence-electron chi connectivity index (χ4n) is 4.77. The van der Waals surface area contributed by atoms with Gasteiger partial charge in [0.2, 0.25) is 0 Å². The van der Waals surface area contributed by atoms with Crippen LogP contribution < -0.4 is 10.6 Å². The molecule has 0 aromatic carbocycles. The summed E-state index contributed by atoms with van der Waals surface area (Å²) in [5, 5.41) is 7.77. The summed E-state index contributed by atoms with van der Waals surface area (Å²) in [7, 11) is 1.39. The average Bonchev–Trinajstić information content (AvgIpc) is 3.53. The second kappa shape index (κ2) is 9.11. The van der Waals surface area contributed by atoms with E-state index in [1.165, 1.54) is 57.2 Å². The van der Waals surface area contributed by atoms with Crippen LogP contribution >= 0.6 is 22.7 Å². The number of aryl methyl sites for hydroxylation is 2. The minimum atomic E-state index is -0.374. The minimum Gasteiger partial charge on any atom is -0.465 e. The van der Waals surface area contributed by atoms with Crippen molar-refractivity contribution in [2.45, 2.75) is 57.9 Å². The first-order chi connectivity index (χ1) is 15.7. The van der Waals surface area contributed by atoms with Gasteiger partial charge in [-0.2, -0.15) is 0 Å². The highest BCUT2D eigenvalue weighted by Crippen LogP contribution is 2.39. The molecular weight excluding hydrogens is 442 g/mol. The van der Waals surface area contributed by atoms with Crippen LogP contribution in [0.5, 0.6) is 0 Å². The third kappa shape index (κ3) is 3.97. The van der Waals surface area contributed by atoms with Crippen molar-refractivity contribution in [3.8, 4) is 5.00 Å². The maximum absolute atomic E-state index is 12.9. The van der Waals surface area contributed by atoms with Crippen LogP contribution in [0.1, 0.15) is 62.5 Å². The SMILES string of the molecule is COC(=O)c1c(NC(=O)NCc2c(-n3cccc3)sc3c2CCCC3)sc2c1CCCC2. The Morgan fingerprint density at radius 2 is 1.62 bits per heavy atom. The van der Waals surface area contributed by atoms with E-state index in [0.29, 0.717) is 17.1 Å². The smallest absolute Gasteiger partial charge is 0.341 e. The molecule has 3 heterocycles. The number of urea groups is 1. The molecule has 3 aromatic heterocycles. The predicted octanol–water partition coefficient (Wildman–Crippen LogP) is 5.47. The molecule has 8 heteroatoms. The van der Waals surface area contributed by atoms with Crippen LogP contribution in [0.25, 0.3) is 5.00 Å². The molecule has 0 aliphatic heterocycles. The topological polar surface area (TPSA) is 72.4 Å². The van der Waals surface area contributed by atoms with Gasteiger partial charge in [0.05, 0.1) is 12.7 Å². The Balaban J connectivity index is 1.36. The maximum Gasteiger partial charge on any atom is 0.341 e. The number of rotatable bonds is 5. The molecule has 0 bridgehead atoms. The molecular formula is C24H27N3O3S2. The van der Waals surface area contributed by atoms with Crippen LogP contribution in [-0.4, -0.2) is 23.7 Å². The Morgan fingerprint density at radius 3 is 2.34 bits per heavy atom. The number of esters is 1. The van der Waals surface area contributed by atoms with E-state index in [1.807, 2.05) is 23.5 Å². The summed E-state index contributed by atoms with van der Waals surface area (Å²) in [6.45, 7) is 0.462. The molecule has 6 nitrogen and oxygen atoms in total. The number of ether oxygens (including phenoxy) is 1. The summed E-state index contributed by atoms with van der Waals surface area (Å²) in [5.41, 5.74) is 4.18. The lowest BCUT2D eigenvalue weighted by Gasteiger charge is -2.14. The Morgan fingerprint density at radius 1 is 0.969 bits per heavy atom. The molecule has 0 fully saturated rings. The number of hydrogen-bond donors (Lipinski definition) is 2. The fraction of sp³-hybridized carbons (Fsp3) is 0.417. The highest BCUT2D eigenvalue weighted by molar-refractivity contribution is 7.17. The Labute approximate surface area is 195 Å². The molecule has 0 spiro atoms. The summed E-state index contributed by atoms with van der Waals surface area (Å²) in [6, 6.07) is 3.76. The summed E-state index contributed by atoms with van der Waals surface area (Å²) >= 11 is 3.34. The Hall–Kier alpha value is -2.58. The number of methoxy groups -OCH3 is 1. The first-order valence-electron chi connectivity index (χ1n) is 11.2. The van der Waals surface area contributed by atoms with Gasteiger partial charge in [0.1, 0.15) is 10.0 Å². The lowest BCUT2D eigenvalue weighted by molar-refractivity contribution is 0.0601. The van der Waals surface area contributed by atoms with Crippen LogP contribution in [0.15, 0.2) is 24.5 Å². The van der Waals surface area contributed by atoms with Crippen LogP contribution in [-0.2, 0) is 37.0 Å². The van der Waals surface area contributed by atoms with E-state index >= 15 is 0 Å². The second-order valence-corrected chi connectivity index (χ2v) is 10.5. The van der Waals surface area contributed by atoms with E-state index in [9.17, 15) is 9.59 Å². The number of carbonyl (C=O) groups is 2. The molecule has 2 aliphatic rings. The van der Waals surface area contributed by atoms with Crippen molar-refractivity contribution in [3.05, 3.63) is 56.5 Å². The van der Waals surface area contributed by atoms with Gasteiger partial charge >= 0.3 is 12.0 Å². The van der Waals surface area contributed by atoms with Gasteiger partial charge in [-0.3, -0.25) is 5.32 Å². The van der Waals surface area contributed by atoms with E-state index < -0.39 is 0 Å². The van der Waals surface area contributed by atoms with Gasteiger partial charge in [0.25, 0.3) is 0 Å². The number of hydrogen-bond acceptors (Lipinski definition) is 5. The Kier molecular flexibility index (Phi) is 6.06. The van der Waals surface area contributed by atoms with Gasteiger partial charge in [-0.05, 0) is 74.6 Å². The molecule has 2 N–H and O–H groups in total. The van der Waals surface area contributed by atoms with Crippen molar-refractivity contribution in [1.29, 1.82) is 0 Å². The summed E-state index contributed by atoms with van der Waals surface area (Å²) in [4.78, 5) is 27.9. The van der Waals surface area contributed by atoms with Gasteiger partial charge in [-0.15, -0.1) is 22.7 Å². The average molecular weight is 470 g/mol. The van der Waals surface area contributed by atoms with Crippen LogP contribution in [0.3, 0.4) is 0 Å². The highest BCUT2D eigenvalue weighted by atomic mass is 32.1. The first-order valence-corrected chi connectivity index (χ1v) is 12.8. The number of nitrogens with zero attached hydrogens (tertiary/aromatic N) is 1. The predicted molar refractivity (Wildman–Crippen MR) is 128 cm³/mol. The maximum atomic E-state index is 12.9. The number of amides is 2. The zero-order chi connectivity index (χ0) is 22.1. The third-order valence-electron chi connectivity index (χ3n) is 6.31. The van der Waals surface area contributed by atoms with Crippen molar-refractivity contribution in [2.75, 3.05) is 12.4 Å². The highest BCUT2D eigenvalue weighted by Gasteiger charge is 2.27. The van der Waals surface area contributed by atoms with E-state index in [2.05, 4.69) is 27.6 Å². The number of thiophene rings is 2. The zero-order valence-electron chi connectivity index (χ0n) is 18.2. The fourth-order valence-corrected chi connectivity index (χ4v) is 7.41. The second-order valence-electron chi connectivity index (χ2n) is 8.30. The number of fused-ring (bicyclic) bond motifs is 2. The molecule has 0 unspecified atom stereocenters. The molecule has 0 saturated heterocycles. The van der Waals surface area contributed by atoms with Gasteiger partial charge < -0.3 is 14.6 Å². The molecule has 0 radical (unpaired) electrons. The third-order valence-corrected chi connectivity index (χ3v) is 8.87. The molecule has 0 saturated carbocycles. The summed E-state index contributed by atoms with van der Waals surface area (Å²) in [6.07, 6.45) is 12.7. The lowest BCUT2D eigenvalue weighted by atomic mass is 9.95. The molecule has 2 amide bonds. The van der Waals surface area contributed by atoms with Gasteiger partial charge in [-0.1, -0.05) is 0 Å². The Bertz CT molecular complexity index is 1140. The monoisotopic (exact) mass is 469 g/mol. The molecule has 2 aliphatic carbocycles. The number of carbonyl (C=O) groups excluding carboxylic acids is 2. The van der Waals surface area contributed by atoms with Crippen LogP contribution in [0, 0.1) is 0 Å². The van der Waals surface area contributed by atoms with Crippen molar-refractivity contribution >= 4 is 39.7 Å². The number of anilines is 1. The van der Waals surface area contributed by atoms with Crippen molar-refractivity contribution in [1.82, 2.24) is 9.88 Å². The van der Waals surface area contributed by atoms with Gasteiger partial charge in [0.15, 0.2) is 0 Å². The molecule has 3 aromatic rings. The zero-order valence-corrected chi connectivity index (χ0v) is 19.8. The summed E-state index contributed by atoms with van der Waals surface area (Å²) in [5.74, 6) is -0.374. The molecule has 5 rings (SSSR count). The van der Waals surface area contributed by atoms with Crippen LogP contribution in [0.2, 0.25) is 0 Å². The van der Waals surface area contributed by atoms with Crippen molar-refractivity contribution in [3.63, 3.8) is 0 Å². The van der Waals surface area contributed by atoms with Gasteiger partial charge in [0, 0.05) is 34.3 Å². The minimum absolute atomic E-state index is 0.289. The molecule has 32 heavy (non-hydrogen) atoms. The van der Waals surface area contributed by atoms with Gasteiger partial charge in [-0.25, -0.2) is 9.59 Å². The molecule has 0 atom stereocenters. The van der Waals surface area contributed by atoms with E-state index in [-0.39, 0.29) is 12.0 Å². The normalized spacial score (nSPS) is 15.0.